The van der Waals surface area contributed by atoms with Gasteiger partial charge < -0.3 is 19.8 Å². The van der Waals surface area contributed by atoms with Gasteiger partial charge in [0.05, 0.1) is 7.11 Å². The molecule has 0 aliphatic carbocycles. The van der Waals surface area contributed by atoms with Gasteiger partial charge in [-0.3, -0.25) is 9.47 Å². The molecule has 3 rings (SSSR count). The van der Waals surface area contributed by atoms with E-state index in [2.05, 4.69) is 4.98 Å². The summed E-state index contributed by atoms with van der Waals surface area (Å²) in [4.78, 5) is 30.9. The van der Waals surface area contributed by atoms with Crippen LogP contribution in [0.3, 0.4) is 0 Å². The summed E-state index contributed by atoms with van der Waals surface area (Å²) < 4.78 is 6.63. The average molecular weight is 394 g/mol. The minimum atomic E-state index is -0.618. The number of benzene rings is 1. The Morgan fingerprint density at radius 1 is 1.30 bits per heavy atom. The Morgan fingerprint density at radius 2 is 1.96 bits per heavy atom. The summed E-state index contributed by atoms with van der Waals surface area (Å²) in [6, 6.07) is 6.56. The first kappa shape index (κ1) is 19.1. The van der Waals surface area contributed by atoms with E-state index in [4.69, 9.17) is 16.3 Å². The number of aryl methyl sites for hydroxylation is 1. The molecule has 0 radical (unpaired) electrons. The zero-order chi connectivity index (χ0) is 19.6. The Morgan fingerprint density at radius 3 is 2.56 bits per heavy atom. The second kappa shape index (κ2) is 7.93. The number of halogens is 1. The van der Waals surface area contributed by atoms with Gasteiger partial charge in [-0.1, -0.05) is 29.8 Å². The standard InChI is InChI=1S/C17H20ClN5O4/c1-20-11-19-15(23(25)26)16(20)22-9-7-21(8-10-22)14(17(24)27-2)12-5-3-4-6-13(12)18/h3-6,11,14H,7-10H2,1-2H3. The predicted molar refractivity (Wildman–Crippen MR) is 99.9 cm³/mol. The van der Waals surface area contributed by atoms with Crippen molar-refractivity contribution in [1.29, 1.82) is 0 Å². The third-order valence-electron chi connectivity index (χ3n) is 4.66. The number of nitro groups is 1. The number of aromatic nitrogens is 2. The molecule has 144 valence electrons. The molecule has 1 unspecified atom stereocenters. The van der Waals surface area contributed by atoms with Crippen molar-refractivity contribution in [3.8, 4) is 0 Å². The molecule has 2 aromatic rings. The van der Waals surface area contributed by atoms with Crippen LogP contribution < -0.4 is 4.90 Å². The van der Waals surface area contributed by atoms with Crippen molar-refractivity contribution in [2.24, 2.45) is 7.05 Å². The Labute approximate surface area is 161 Å². The van der Waals surface area contributed by atoms with E-state index in [1.807, 2.05) is 21.9 Å². The normalized spacial score (nSPS) is 16.2. The van der Waals surface area contributed by atoms with E-state index in [1.165, 1.54) is 13.4 Å². The largest absolute Gasteiger partial charge is 0.468 e. The van der Waals surface area contributed by atoms with Crippen molar-refractivity contribution in [3.05, 3.63) is 51.3 Å². The number of carbonyl (C=O) groups is 1. The number of ether oxygens (including phenoxy) is 1. The van der Waals surface area contributed by atoms with Crippen molar-refractivity contribution in [3.63, 3.8) is 0 Å². The van der Waals surface area contributed by atoms with Gasteiger partial charge in [0, 0.05) is 38.2 Å². The maximum absolute atomic E-state index is 12.4. The maximum Gasteiger partial charge on any atom is 0.406 e. The van der Waals surface area contributed by atoms with E-state index in [0.29, 0.717) is 42.6 Å². The van der Waals surface area contributed by atoms with Crippen molar-refractivity contribution >= 4 is 29.2 Å². The highest BCUT2D eigenvalue weighted by molar-refractivity contribution is 6.31. The van der Waals surface area contributed by atoms with Gasteiger partial charge in [0.2, 0.25) is 12.1 Å². The Kier molecular flexibility index (Phi) is 5.62. The molecule has 1 aliphatic rings. The van der Waals surface area contributed by atoms with Gasteiger partial charge >= 0.3 is 11.8 Å². The molecule has 10 heteroatoms. The van der Waals surface area contributed by atoms with Crippen molar-refractivity contribution in [2.75, 3.05) is 38.2 Å². The predicted octanol–water partition coefficient (Wildman–Crippen LogP) is 2.02. The van der Waals surface area contributed by atoms with E-state index in [9.17, 15) is 14.9 Å². The van der Waals surface area contributed by atoms with E-state index in [1.54, 1.807) is 23.7 Å². The van der Waals surface area contributed by atoms with Crippen LogP contribution >= 0.6 is 11.6 Å². The second-order valence-corrected chi connectivity index (χ2v) is 6.64. The van der Waals surface area contributed by atoms with Gasteiger partial charge in [0.25, 0.3) is 0 Å². The molecule has 2 heterocycles. The highest BCUT2D eigenvalue weighted by atomic mass is 35.5. The van der Waals surface area contributed by atoms with E-state index >= 15 is 0 Å². The lowest BCUT2D eigenvalue weighted by Crippen LogP contribution is -2.50. The van der Waals surface area contributed by atoms with Crippen LogP contribution in [0, 0.1) is 10.1 Å². The summed E-state index contributed by atoms with van der Waals surface area (Å²) in [5.74, 6) is -0.0864. The number of carbonyl (C=O) groups excluding carboxylic acids is 1. The molecule has 1 atom stereocenters. The molecule has 0 N–H and O–H groups in total. The van der Waals surface area contributed by atoms with Crippen LogP contribution in [0.15, 0.2) is 30.6 Å². The first-order valence-electron chi connectivity index (χ1n) is 8.41. The lowest BCUT2D eigenvalue weighted by atomic mass is 10.0. The molecular weight excluding hydrogens is 374 g/mol. The van der Waals surface area contributed by atoms with Crippen molar-refractivity contribution in [1.82, 2.24) is 14.5 Å². The topological polar surface area (TPSA) is 93.7 Å². The molecule has 0 bridgehead atoms. The number of methoxy groups -OCH3 is 1. The number of nitrogens with zero attached hydrogens (tertiary/aromatic N) is 5. The second-order valence-electron chi connectivity index (χ2n) is 6.23. The first-order chi connectivity index (χ1) is 12.9. The molecule has 27 heavy (non-hydrogen) atoms. The fourth-order valence-corrected chi connectivity index (χ4v) is 3.62. The smallest absolute Gasteiger partial charge is 0.406 e. The molecule has 0 amide bonds. The molecule has 1 saturated heterocycles. The first-order valence-corrected chi connectivity index (χ1v) is 8.78. The summed E-state index contributed by atoms with van der Waals surface area (Å²) in [5, 5.41) is 11.7. The lowest BCUT2D eigenvalue weighted by Gasteiger charge is -2.38. The van der Waals surface area contributed by atoms with Gasteiger partial charge in [0.15, 0.2) is 0 Å². The molecular formula is C17H20ClN5O4. The van der Waals surface area contributed by atoms with Gasteiger partial charge in [-0.15, -0.1) is 0 Å². The van der Waals surface area contributed by atoms with Crippen LogP contribution in [0.5, 0.6) is 0 Å². The van der Waals surface area contributed by atoms with Crippen LogP contribution in [0.25, 0.3) is 0 Å². The zero-order valence-corrected chi connectivity index (χ0v) is 15.8. The fraction of sp³-hybridized carbons (Fsp3) is 0.412. The van der Waals surface area contributed by atoms with Gasteiger partial charge in [-0.05, 0) is 21.5 Å². The minimum absolute atomic E-state index is 0.165. The summed E-state index contributed by atoms with van der Waals surface area (Å²) in [7, 11) is 3.07. The van der Waals surface area contributed by atoms with E-state index in [0.717, 1.165) is 0 Å². The summed E-state index contributed by atoms with van der Waals surface area (Å²) in [6.07, 6.45) is 1.43. The number of esters is 1. The van der Waals surface area contributed by atoms with Gasteiger partial charge in [-0.25, -0.2) is 4.79 Å². The zero-order valence-electron chi connectivity index (χ0n) is 15.0. The number of piperazine rings is 1. The number of hydrogen-bond donors (Lipinski definition) is 0. The third kappa shape index (κ3) is 3.74. The van der Waals surface area contributed by atoms with Crippen LogP contribution in [0.1, 0.15) is 11.6 Å². The van der Waals surface area contributed by atoms with E-state index < -0.39 is 11.0 Å². The van der Waals surface area contributed by atoms with E-state index in [-0.39, 0.29) is 11.8 Å². The summed E-state index contributed by atoms with van der Waals surface area (Å²) in [6.45, 7) is 2.07. The number of rotatable bonds is 5. The quantitative estimate of drug-likeness (QED) is 0.435. The monoisotopic (exact) mass is 393 g/mol. The summed E-state index contributed by atoms with van der Waals surface area (Å²) >= 11 is 6.29. The molecule has 1 aromatic carbocycles. The molecule has 1 fully saturated rings. The van der Waals surface area contributed by atoms with Gasteiger partial charge in [-0.2, -0.15) is 0 Å². The van der Waals surface area contributed by atoms with Crippen molar-refractivity contribution < 1.29 is 14.5 Å². The fourth-order valence-electron chi connectivity index (χ4n) is 3.38. The van der Waals surface area contributed by atoms with Crippen LogP contribution in [-0.4, -0.2) is 58.6 Å². The number of hydrogen-bond acceptors (Lipinski definition) is 7. The molecule has 1 aliphatic heterocycles. The minimum Gasteiger partial charge on any atom is -0.468 e. The molecule has 0 saturated carbocycles. The third-order valence-corrected chi connectivity index (χ3v) is 5.01. The van der Waals surface area contributed by atoms with Crippen LogP contribution in [0.4, 0.5) is 11.6 Å². The van der Waals surface area contributed by atoms with Crippen LogP contribution in [0.2, 0.25) is 5.02 Å². The highest BCUT2D eigenvalue weighted by Crippen LogP contribution is 2.32. The lowest BCUT2D eigenvalue weighted by molar-refractivity contribution is -0.388. The number of anilines is 1. The van der Waals surface area contributed by atoms with Crippen LogP contribution in [-0.2, 0) is 16.6 Å². The number of imidazole rings is 1. The maximum atomic E-state index is 12.4. The Balaban J connectivity index is 1.81. The molecule has 9 nitrogen and oxygen atoms in total. The Hall–Kier alpha value is -2.65. The summed E-state index contributed by atoms with van der Waals surface area (Å²) in [5.41, 5.74) is 0.686. The molecule has 0 spiro atoms. The van der Waals surface area contributed by atoms with Crippen molar-refractivity contribution in [2.45, 2.75) is 6.04 Å². The highest BCUT2D eigenvalue weighted by Gasteiger charge is 2.35. The molecule has 1 aromatic heterocycles. The SMILES string of the molecule is COC(=O)C(c1ccccc1Cl)N1CCN(c2c([N+](=O)[O-])ncn2C)CC1. The Bertz CT molecular complexity index is 848. The average Bonchev–Trinajstić information content (AvgIpc) is 3.05. The van der Waals surface area contributed by atoms with Gasteiger partial charge in [0.1, 0.15) is 6.04 Å².